The molecule has 0 unspecified atom stereocenters. The molecule has 6 heteroatoms. The van der Waals surface area contributed by atoms with Crippen molar-refractivity contribution in [1.29, 1.82) is 0 Å². The third-order valence-electron chi connectivity index (χ3n) is 3.82. The first kappa shape index (κ1) is 17.1. The van der Waals surface area contributed by atoms with Gasteiger partial charge in [0.15, 0.2) is 0 Å². The van der Waals surface area contributed by atoms with Gasteiger partial charge in [-0.3, -0.25) is 9.78 Å². The van der Waals surface area contributed by atoms with E-state index in [2.05, 4.69) is 39.4 Å². The predicted molar refractivity (Wildman–Crippen MR) is 102 cm³/mol. The van der Waals surface area contributed by atoms with Crippen molar-refractivity contribution in [2.45, 2.75) is 6.42 Å². The molecule has 128 valence electrons. The number of amides is 1. The lowest BCUT2D eigenvalue weighted by Gasteiger charge is -2.19. The molecule has 0 spiro atoms. The Morgan fingerprint density at radius 1 is 1.16 bits per heavy atom. The van der Waals surface area contributed by atoms with Crippen molar-refractivity contribution in [1.82, 2.24) is 15.3 Å². The summed E-state index contributed by atoms with van der Waals surface area (Å²) in [5.74, 6) is -0.126. The Morgan fingerprint density at radius 3 is 2.68 bits per heavy atom. The highest BCUT2D eigenvalue weighted by atomic mass is 32.1. The molecule has 0 aliphatic heterocycles. The van der Waals surface area contributed by atoms with Gasteiger partial charge < -0.3 is 10.2 Å². The largest absolute Gasteiger partial charge is 0.375 e. The first-order chi connectivity index (χ1) is 12.2. The SMILES string of the molecule is CN(CCCNC(=O)c1csc(-c2ccncc2)n1)c1ccccc1. The number of carbonyl (C=O) groups is 1. The van der Waals surface area contributed by atoms with Crippen LogP contribution in [0.15, 0.2) is 60.2 Å². The minimum atomic E-state index is -0.126. The van der Waals surface area contributed by atoms with Crippen molar-refractivity contribution in [3.63, 3.8) is 0 Å². The molecule has 25 heavy (non-hydrogen) atoms. The molecule has 2 heterocycles. The van der Waals surface area contributed by atoms with Gasteiger partial charge in [-0.25, -0.2) is 4.98 Å². The second-order valence-corrected chi connectivity index (χ2v) is 6.50. The number of benzene rings is 1. The zero-order valence-electron chi connectivity index (χ0n) is 14.1. The van der Waals surface area contributed by atoms with Crippen LogP contribution < -0.4 is 10.2 Å². The van der Waals surface area contributed by atoms with E-state index in [1.165, 1.54) is 17.0 Å². The number of carbonyl (C=O) groups excluding carboxylic acids is 1. The molecular weight excluding hydrogens is 332 g/mol. The second-order valence-electron chi connectivity index (χ2n) is 5.64. The third kappa shape index (κ3) is 4.64. The summed E-state index contributed by atoms with van der Waals surface area (Å²) in [5.41, 5.74) is 2.62. The monoisotopic (exact) mass is 352 g/mol. The highest BCUT2D eigenvalue weighted by Gasteiger charge is 2.11. The molecule has 0 aliphatic rings. The third-order valence-corrected chi connectivity index (χ3v) is 4.71. The van der Waals surface area contributed by atoms with E-state index in [9.17, 15) is 4.79 Å². The molecule has 1 amide bonds. The average molecular weight is 352 g/mol. The van der Waals surface area contributed by atoms with E-state index in [4.69, 9.17) is 0 Å². The van der Waals surface area contributed by atoms with Crippen molar-refractivity contribution in [2.75, 3.05) is 25.0 Å². The van der Waals surface area contributed by atoms with E-state index in [1.54, 1.807) is 17.8 Å². The highest BCUT2D eigenvalue weighted by molar-refractivity contribution is 7.13. The summed E-state index contributed by atoms with van der Waals surface area (Å²) < 4.78 is 0. The molecule has 1 aromatic carbocycles. The van der Waals surface area contributed by atoms with Crippen LogP contribution in [0.5, 0.6) is 0 Å². The molecule has 3 aromatic rings. The minimum Gasteiger partial charge on any atom is -0.375 e. The quantitative estimate of drug-likeness (QED) is 0.662. The van der Waals surface area contributed by atoms with E-state index in [0.717, 1.165) is 23.5 Å². The van der Waals surface area contributed by atoms with Crippen LogP contribution in [0.2, 0.25) is 0 Å². The Hall–Kier alpha value is -2.73. The van der Waals surface area contributed by atoms with Crippen molar-refractivity contribution in [3.8, 4) is 10.6 Å². The van der Waals surface area contributed by atoms with Gasteiger partial charge in [0, 0.05) is 49.2 Å². The first-order valence-electron chi connectivity index (χ1n) is 8.14. The van der Waals surface area contributed by atoms with E-state index >= 15 is 0 Å². The number of para-hydroxylation sites is 1. The highest BCUT2D eigenvalue weighted by Crippen LogP contribution is 2.22. The van der Waals surface area contributed by atoms with Gasteiger partial charge >= 0.3 is 0 Å². The normalized spacial score (nSPS) is 10.4. The van der Waals surface area contributed by atoms with Crippen molar-refractivity contribution >= 4 is 22.9 Å². The minimum absolute atomic E-state index is 0.126. The smallest absolute Gasteiger partial charge is 0.270 e. The number of pyridine rings is 1. The maximum Gasteiger partial charge on any atom is 0.270 e. The van der Waals surface area contributed by atoms with Crippen LogP contribution in [0.3, 0.4) is 0 Å². The summed E-state index contributed by atoms with van der Waals surface area (Å²) in [6.07, 6.45) is 4.32. The topological polar surface area (TPSA) is 58.1 Å². The van der Waals surface area contributed by atoms with Crippen LogP contribution in [0.1, 0.15) is 16.9 Å². The van der Waals surface area contributed by atoms with Crippen LogP contribution in [-0.4, -0.2) is 36.0 Å². The maximum atomic E-state index is 12.2. The van der Waals surface area contributed by atoms with Gasteiger partial charge in [0.2, 0.25) is 0 Å². The van der Waals surface area contributed by atoms with Gasteiger partial charge in [-0.05, 0) is 30.7 Å². The fourth-order valence-corrected chi connectivity index (χ4v) is 3.23. The molecule has 0 atom stereocenters. The van der Waals surface area contributed by atoms with Gasteiger partial charge in [-0.2, -0.15) is 0 Å². The Labute approximate surface area is 151 Å². The van der Waals surface area contributed by atoms with Crippen LogP contribution in [0, 0.1) is 0 Å². The van der Waals surface area contributed by atoms with E-state index < -0.39 is 0 Å². The van der Waals surface area contributed by atoms with Crippen molar-refractivity contribution in [3.05, 3.63) is 65.9 Å². The Balaban J connectivity index is 1.46. The van der Waals surface area contributed by atoms with Crippen LogP contribution >= 0.6 is 11.3 Å². The number of nitrogens with one attached hydrogen (secondary N) is 1. The molecule has 0 fully saturated rings. The summed E-state index contributed by atoms with van der Waals surface area (Å²) in [6, 6.07) is 14.0. The Kier molecular flexibility index (Phi) is 5.74. The summed E-state index contributed by atoms with van der Waals surface area (Å²) >= 11 is 1.46. The standard InChI is InChI=1S/C19H20N4OS/c1-23(16-6-3-2-4-7-16)13-5-10-21-18(24)17-14-25-19(22-17)15-8-11-20-12-9-15/h2-4,6-9,11-12,14H,5,10,13H2,1H3,(H,21,24). The predicted octanol–water partition coefficient (Wildman–Crippen LogP) is 3.46. The number of anilines is 1. The Morgan fingerprint density at radius 2 is 1.92 bits per heavy atom. The number of aromatic nitrogens is 2. The maximum absolute atomic E-state index is 12.2. The summed E-state index contributed by atoms with van der Waals surface area (Å²) in [5, 5.41) is 5.56. The lowest BCUT2D eigenvalue weighted by molar-refractivity contribution is 0.0949. The van der Waals surface area contributed by atoms with Crippen molar-refractivity contribution < 1.29 is 4.79 Å². The second kappa shape index (κ2) is 8.39. The molecule has 0 saturated carbocycles. The Bertz CT molecular complexity index is 805. The van der Waals surface area contributed by atoms with Gasteiger partial charge in [0.25, 0.3) is 5.91 Å². The van der Waals surface area contributed by atoms with E-state index in [-0.39, 0.29) is 5.91 Å². The van der Waals surface area contributed by atoms with Gasteiger partial charge in [0.1, 0.15) is 10.7 Å². The molecule has 3 rings (SSSR count). The van der Waals surface area contributed by atoms with E-state index in [1.807, 2.05) is 30.3 Å². The van der Waals surface area contributed by atoms with Crippen LogP contribution in [0.4, 0.5) is 5.69 Å². The number of rotatable bonds is 7. The number of hydrogen-bond donors (Lipinski definition) is 1. The molecule has 5 nitrogen and oxygen atoms in total. The molecule has 0 aliphatic carbocycles. The molecule has 2 aromatic heterocycles. The molecule has 1 N–H and O–H groups in total. The average Bonchev–Trinajstić information content (AvgIpc) is 3.16. The fourth-order valence-electron chi connectivity index (χ4n) is 2.43. The first-order valence-corrected chi connectivity index (χ1v) is 9.02. The molecular formula is C19H20N4OS. The fraction of sp³-hybridized carbons (Fsp3) is 0.211. The lowest BCUT2D eigenvalue weighted by atomic mass is 10.3. The van der Waals surface area contributed by atoms with Gasteiger partial charge in [0.05, 0.1) is 0 Å². The van der Waals surface area contributed by atoms with Gasteiger partial charge in [-0.1, -0.05) is 18.2 Å². The number of nitrogens with zero attached hydrogens (tertiary/aromatic N) is 3. The molecule has 0 saturated heterocycles. The zero-order valence-corrected chi connectivity index (χ0v) is 14.9. The molecule has 0 radical (unpaired) electrons. The molecule has 0 bridgehead atoms. The van der Waals surface area contributed by atoms with Gasteiger partial charge in [-0.15, -0.1) is 11.3 Å². The zero-order chi connectivity index (χ0) is 17.5. The number of thiazole rings is 1. The van der Waals surface area contributed by atoms with Crippen LogP contribution in [-0.2, 0) is 0 Å². The van der Waals surface area contributed by atoms with Crippen LogP contribution in [0.25, 0.3) is 10.6 Å². The number of hydrogen-bond acceptors (Lipinski definition) is 5. The summed E-state index contributed by atoms with van der Waals surface area (Å²) in [6.45, 7) is 1.50. The summed E-state index contributed by atoms with van der Waals surface area (Å²) in [4.78, 5) is 22.8. The van der Waals surface area contributed by atoms with Crippen molar-refractivity contribution in [2.24, 2.45) is 0 Å². The van der Waals surface area contributed by atoms with E-state index in [0.29, 0.717) is 12.2 Å². The summed E-state index contributed by atoms with van der Waals surface area (Å²) in [7, 11) is 2.05. The lowest BCUT2D eigenvalue weighted by Crippen LogP contribution is -2.28.